The summed E-state index contributed by atoms with van der Waals surface area (Å²) in [6, 6.07) is 9.04. The lowest BCUT2D eigenvalue weighted by Gasteiger charge is -2.14. The molecule has 214 valence electrons. The lowest BCUT2D eigenvalue weighted by atomic mass is 10.1. The van der Waals surface area contributed by atoms with Crippen molar-refractivity contribution in [3.05, 3.63) is 63.3 Å². The monoisotopic (exact) mass is 587 g/mol. The summed E-state index contributed by atoms with van der Waals surface area (Å²) in [5.74, 6) is 1.68. The SMILES string of the molecule is CCCCCCCc1nc(C)c2c(=O)[nH]c(-c3cc(S(=O)(=O)Nc4cc(OC)ccc4Cl)ccc3OCC)nn12. The average molecular weight is 588 g/mol. The number of imidazole rings is 1. The summed E-state index contributed by atoms with van der Waals surface area (Å²) in [4.78, 5) is 20.5. The van der Waals surface area contributed by atoms with Crippen LogP contribution >= 0.6 is 11.6 Å². The lowest BCUT2D eigenvalue weighted by molar-refractivity contribution is 0.341. The average Bonchev–Trinajstić information content (AvgIpc) is 3.25. The lowest BCUT2D eigenvalue weighted by Crippen LogP contribution is -2.17. The summed E-state index contributed by atoms with van der Waals surface area (Å²) >= 11 is 6.23. The zero-order valence-electron chi connectivity index (χ0n) is 23.1. The van der Waals surface area contributed by atoms with Crippen molar-refractivity contribution in [2.75, 3.05) is 18.4 Å². The Hall–Kier alpha value is -3.57. The molecule has 0 aliphatic carbocycles. The van der Waals surface area contributed by atoms with E-state index in [0.29, 0.717) is 47.1 Å². The fourth-order valence-electron chi connectivity index (χ4n) is 4.46. The summed E-state index contributed by atoms with van der Waals surface area (Å²) < 4.78 is 41.8. The second-order valence-electron chi connectivity index (χ2n) is 9.38. The number of hydrogen-bond acceptors (Lipinski definition) is 7. The molecule has 2 aromatic carbocycles. The summed E-state index contributed by atoms with van der Waals surface area (Å²) in [6.45, 7) is 6.09. The first-order chi connectivity index (χ1) is 19.2. The van der Waals surface area contributed by atoms with Crippen molar-refractivity contribution in [1.29, 1.82) is 0 Å². The molecule has 2 aromatic heterocycles. The molecule has 0 radical (unpaired) electrons. The number of fused-ring (bicyclic) bond motifs is 1. The van der Waals surface area contributed by atoms with Gasteiger partial charge < -0.3 is 14.5 Å². The molecule has 0 atom stereocenters. The second kappa shape index (κ2) is 12.7. The Balaban J connectivity index is 1.76. The van der Waals surface area contributed by atoms with E-state index < -0.39 is 10.0 Å². The fraction of sp³-hybridized carbons (Fsp3) is 0.393. The Morgan fingerprint density at radius 1 is 1.07 bits per heavy atom. The quantitative estimate of drug-likeness (QED) is 0.190. The highest BCUT2D eigenvalue weighted by molar-refractivity contribution is 7.92. The van der Waals surface area contributed by atoms with Crippen LogP contribution in [0.25, 0.3) is 16.9 Å². The molecule has 0 saturated carbocycles. The van der Waals surface area contributed by atoms with Crippen LogP contribution in [0.4, 0.5) is 5.69 Å². The van der Waals surface area contributed by atoms with Gasteiger partial charge in [-0.3, -0.25) is 9.52 Å². The van der Waals surface area contributed by atoms with Gasteiger partial charge in [0, 0.05) is 12.5 Å². The van der Waals surface area contributed by atoms with E-state index in [1.165, 1.54) is 31.7 Å². The topological polar surface area (TPSA) is 128 Å². The number of ether oxygens (including phenoxy) is 2. The summed E-state index contributed by atoms with van der Waals surface area (Å²) in [5.41, 5.74) is 1.07. The van der Waals surface area contributed by atoms with Gasteiger partial charge in [-0.25, -0.2) is 17.9 Å². The van der Waals surface area contributed by atoms with Crippen LogP contribution in [0.1, 0.15) is 57.5 Å². The van der Waals surface area contributed by atoms with Gasteiger partial charge in [-0.15, -0.1) is 5.10 Å². The van der Waals surface area contributed by atoms with Gasteiger partial charge in [0.15, 0.2) is 11.3 Å². The molecular formula is C28H34ClN5O5S. The molecule has 12 heteroatoms. The highest BCUT2D eigenvalue weighted by Gasteiger charge is 2.22. The van der Waals surface area contributed by atoms with E-state index in [2.05, 4.69) is 21.6 Å². The molecule has 0 spiro atoms. The number of rotatable bonds is 13. The van der Waals surface area contributed by atoms with Crippen LogP contribution in [-0.2, 0) is 16.4 Å². The largest absolute Gasteiger partial charge is 0.497 e. The summed E-state index contributed by atoms with van der Waals surface area (Å²) in [5, 5.41) is 4.91. The van der Waals surface area contributed by atoms with Crippen LogP contribution in [-0.4, -0.2) is 41.7 Å². The van der Waals surface area contributed by atoms with Crippen LogP contribution in [0.2, 0.25) is 5.02 Å². The molecule has 0 fully saturated rings. The van der Waals surface area contributed by atoms with Crippen molar-refractivity contribution in [2.24, 2.45) is 0 Å². The van der Waals surface area contributed by atoms with Crippen molar-refractivity contribution >= 4 is 32.8 Å². The van der Waals surface area contributed by atoms with Crippen molar-refractivity contribution in [3.63, 3.8) is 0 Å². The van der Waals surface area contributed by atoms with E-state index in [4.69, 9.17) is 26.2 Å². The molecule has 40 heavy (non-hydrogen) atoms. The predicted molar refractivity (Wildman–Crippen MR) is 156 cm³/mol. The number of nitrogens with one attached hydrogen (secondary N) is 2. The normalized spacial score (nSPS) is 11.6. The third-order valence-corrected chi connectivity index (χ3v) is 8.17. The van der Waals surface area contributed by atoms with Gasteiger partial charge in [0.25, 0.3) is 15.6 Å². The number of halogens is 1. The number of hydrogen-bond donors (Lipinski definition) is 2. The molecule has 0 saturated heterocycles. The zero-order valence-corrected chi connectivity index (χ0v) is 24.7. The van der Waals surface area contributed by atoms with Crippen molar-refractivity contribution in [1.82, 2.24) is 19.6 Å². The molecule has 10 nitrogen and oxygen atoms in total. The molecule has 2 heterocycles. The van der Waals surface area contributed by atoms with E-state index in [0.717, 1.165) is 25.7 Å². The second-order valence-corrected chi connectivity index (χ2v) is 11.5. The van der Waals surface area contributed by atoms with Gasteiger partial charge in [-0.05, 0) is 50.6 Å². The minimum absolute atomic E-state index is 0.0643. The van der Waals surface area contributed by atoms with Gasteiger partial charge in [0.2, 0.25) is 0 Å². The van der Waals surface area contributed by atoms with Gasteiger partial charge in [-0.1, -0.05) is 44.2 Å². The number of aromatic amines is 1. The number of methoxy groups -OCH3 is 1. The van der Waals surface area contributed by atoms with Crippen LogP contribution < -0.4 is 19.8 Å². The Labute approximate surface area is 238 Å². The highest BCUT2D eigenvalue weighted by atomic mass is 35.5. The number of nitrogens with zero attached hydrogens (tertiary/aromatic N) is 3. The van der Waals surface area contributed by atoms with E-state index >= 15 is 0 Å². The van der Waals surface area contributed by atoms with E-state index in [9.17, 15) is 13.2 Å². The Morgan fingerprint density at radius 3 is 2.58 bits per heavy atom. The number of aromatic nitrogens is 4. The number of anilines is 1. The first kappa shape index (κ1) is 29.4. The zero-order chi connectivity index (χ0) is 28.9. The number of aryl methyl sites for hydroxylation is 2. The Morgan fingerprint density at radius 2 is 1.85 bits per heavy atom. The van der Waals surface area contributed by atoms with Crippen molar-refractivity contribution < 1.29 is 17.9 Å². The number of unbranched alkanes of at least 4 members (excludes halogenated alkanes) is 4. The van der Waals surface area contributed by atoms with E-state index in [1.807, 2.05) is 6.92 Å². The standard InChI is InChI=1S/C28H34ClN5O5S/c1-5-7-8-9-10-11-25-30-18(3)26-28(35)31-27(32-34(25)26)21-17-20(13-15-24(21)39-6-2)40(36,37)33-23-16-19(38-4)12-14-22(23)29/h12-17,33H,5-11H2,1-4H3,(H,31,32,35). The predicted octanol–water partition coefficient (Wildman–Crippen LogP) is 5.77. The highest BCUT2D eigenvalue weighted by Crippen LogP contribution is 2.33. The van der Waals surface area contributed by atoms with Gasteiger partial charge in [0.1, 0.15) is 17.3 Å². The van der Waals surface area contributed by atoms with Crippen LogP contribution in [0, 0.1) is 6.92 Å². The number of benzene rings is 2. The molecule has 0 aliphatic rings. The van der Waals surface area contributed by atoms with Crippen molar-refractivity contribution in [3.8, 4) is 22.9 Å². The fourth-order valence-corrected chi connectivity index (χ4v) is 5.78. The van der Waals surface area contributed by atoms with Gasteiger partial charge in [0.05, 0.1) is 40.6 Å². The maximum Gasteiger partial charge on any atom is 0.277 e. The first-order valence-electron chi connectivity index (χ1n) is 13.3. The molecule has 0 bridgehead atoms. The smallest absolute Gasteiger partial charge is 0.277 e. The molecule has 2 N–H and O–H groups in total. The maximum atomic E-state index is 13.4. The molecule has 4 rings (SSSR count). The third kappa shape index (κ3) is 6.42. The summed E-state index contributed by atoms with van der Waals surface area (Å²) in [6.07, 6.45) is 6.15. The van der Waals surface area contributed by atoms with Crippen molar-refractivity contribution in [2.45, 2.75) is 64.2 Å². The van der Waals surface area contributed by atoms with Crippen LogP contribution in [0.15, 0.2) is 46.1 Å². The van der Waals surface area contributed by atoms with Gasteiger partial charge in [-0.2, -0.15) is 0 Å². The summed E-state index contributed by atoms with van der Waals surface area (Å²) in [7, 11) is -2.61. The minimum Gasteiger partial charge on any atom is -0.497 e. The van der Waals surface area contributed by atoms with E-state index in [1.54, 1.807) is 29.6 Å². The Kier molecular flexibility index (Phi) is 9.36. The van der Waals surface area contributed by atoms with Crippen LogP contribution in [0.3, 0.4) is 0 Å². The molecular weight excluding hydrogens is 554 g/mol. The molecule has 0 amide bonds. The van der Waals surface area contributed by atoms with Crippen LogP contribution in [0.5, 0.6) is 11.5 Å². The maximum absolute atomic E-state index is 13.4. The molecule has 0 aliphatic heterocycles. The van der Waals surface area contributed by atoms with Gasteiger partial charge >= 0.3 is 0 Å². The number of H-pyrrole nitrogens is 1. The Bertz CT molecular complexity index is 1670. The third-order valence-electron chi connectivity index (χ3n) is 6.48. The number of sulfonamides is 1. The van der Waals surface area contributed by atoms with E-state index in [-0.39, 0.29) is 27.0 Å². The molecule has 0 unspecified atom stereocenters. The first-order valence-corrected chi connectivity index (χ1v) is 15.2. The minimum atomic E-state index is -4.08. The molecule has 4 aromatic rings.